The zero-order valence-electron chi connectivity index (χ0n) is 17.9. The SMILES string of the molecule is CSCCC(NC(=O)c1cnn(-c2cccc(C(F)(F)F)c2)c1C)c1nnc2ccccn12. The monoisotopic (exact) mass is 474 g/mol. The van der Waals surface area contributed by atoms with Crippen LogP contribution < -0.4 is 5.32 Å². The summed E-state index contributed by atoms with van der Waals surface area (Å²) in [6.07, 6.45) is 1.33. The van der Waals surface area contributed by atoms with Crippen molar-refractivity contribution in [2.75, 3.05) is 12.0 Å². The number of nitrogens with zero attached hydrogens (tertiary/aromatic N) is 5. The highest BCUT2D eigenvalue weighted by molar-refractivity contribution is 7.98. The number of halogens is 3. The average molecular weight is 475 g/mol. The molecule has 0 saturated carbocycles. The molecule has 0 aliphatic heterocycles. The third kappa shape index (κ3) is 4.72. The van der Waals surface area contributed by atoms with E-state index in [9.17, 15) is 18.0 Å². The molecule has 7 nitrogen and oxygen atoms in total. The van der Waals surface area contributed by atoms with Gasteiger partial charge in [0.1, 0.15) is 0 Å². The molecule has 33 heavy (non-hydrogen) atoms. The Bertz CT molecular complexity index is 1280. The Kier molecular flexibility index (Phi) is 6.41. The van der Waals surface area contributed by atoms with Crippen LogP contribution >= 0.6 is 11.8 Å². The van der Waals surface area contributed by atoms with E-state index in [-0.39, 0.29) is 17.2 Å². The number of carbonyl (C=O) groups excluding carboxylic acids is 1. The van der Waals surface area contributed by atoms with Crippen molar-refractivity contribution in [1.82, 2.24) is 29.7 Å². The molecule has 0 bridgehead atoms. The maximum atomic E-state index is 13.1. The molecule has 172 valence electrons. The zero-order valence-corrected chi connectivity index (χ0v) is 18.7. The van der Waals surface area contributed by atoms with Gasteiger partial charge < -0.3 is 5.32 Å². The minimum atomic E-state index is -4.47. The molecule has 4 aromatic rings. The van der Waals surface area contributed by atoms with E-state index in [1.165, 1.54) is 23.0 Å². The lowest BCUT2D eigenvalue weighted by Gasteiger charge is -2.17. The number of aromatic nitrogens is 5. The van der Waals surface area contributed by atoms with Gasteiger partial charge in [-0.1, -0.05) is 12.1 Å². The number of alkyl halides is 3. The van der Waals surface area contributed by atoms with Crippen LogP contribution in [0, 0.1) is 6.92 Å². The van der Waals surface area contributed by atoms with Gasteiger partial charge >= 0.3 is 6.18 Å². The Morgan fingerprint density at radius 1 is 1.18 bits per heavy atom. The molecule has 3 aromatic heterocycles. The summed E-state index contributed by atoms with van der Waals surface area (Å²) in [7, 11) is 0. The van der Waals surface area contributed by atoms with E-state index in [0.717, 1.165) is 17.9 Å². The lowest BCUT2D eigenvalue weighted by molar-refractivity contribution is -0.137. The Hall–Kier alpha value is -3.34. The number of pyridine rings is 1. The van der Waals surface area contributed by atoms with Crippen LogP contribution in [0.1, 0.15) is 39.9 Å². The van der Waals surface area contributed by atoms with Gasteiger partial charge in [-0.15, -0.1) is 10.2 Å². The summed E-state index contributed by atoms with van der Waals surface area (Å²) in [6, 6.07) is 9.96. The first kappa shape index (κ1) is 22.8. The lowest BCUT2D eigenvalue weighted by Crippen LogP contribution is -2.30. The summed E-state index contributed by atoms with van der Waals surface area (Å²) in [5, 5.41) is 15.6. The molecule has 4 rings (SSSR count). The second kappa shape index (κ2) is 9.26. The van der Waals surface area contributed by atoms with Crippen molar-refractivity contribution >= 4 is 23.3 Å². The summed E-state index contributed by atoms with van der Waals surface area (Å²) in [6.45, 7) is 1.64. The van der Waals surface area contributed by atoms with Crippen LogP contribution in [0.3, 0.4) is 0 Å². The number of rotatable bonds is 7. The largest absolute Gasteiger partial charge is 0.416 e. The van der Waals surface area contributed by atoms with Gasteiger partial charge in [0, 0.05) is 6.20 Å². The molecule has 0 fully saturated rings. The van der Waals surface area contributed by atoms with Crippen molar-refractivity contribution in [3.63, 3.8) is 0 Å². The van der Waals surface area contributed by atoms with E-state index in [4.69, 9.17) is 0 Å². The van der Waals surface area contributed by atoms with E-state index < -0.39 is 17.8 Å². The van der Waals surface area contributed by atoms with E-state index in [1.807, 2.05) is 35.1 Å². The number of benzene rings is 1. The predicted molar refractivity (Wildman–Crippen MR) is 119 cm³/mol. The Morgan fingerprint density at radius 3 is 2.76 bits per heavy atom. The van der Waals surface area contributed by atoms with Gasteiger partial charge in [-0.2, -0.15) is 30.0 Å². The molecule has 11 heteroatoms. The Labute approximate surface area is 192 Å². The van der Waals surface area contributed by atoms with Gasteiger partial charge in [-0.05, 0) is 55.7 Å². The molecule has 1 atom stereocenters. The molecule has 1 unspecified atom stereocenters. The number of amides is 1. The van der Waals surface area contributed by atoms with Gasteiger partial charge in [0.2, 0.25) is 0 Å². The van der Waals surface area contributed by atoms with Gasteiger partial charge in [-0.3, -0.25) is 9.20 Å². The zero-order chi connectivity index (χ0) is 23.6. The van der Waals surface area contributed by atoms with Crippen LogP contribution in [0.5, 0.6) is 0 Å². The van der Waals surface area contributed by atoms with Gasteiger partial charge in [0.05, 0.1) is 34.7 Å². The van der Waals surface area contributed by atoms with Gasteiger partial charge in [0.25, 0.3) is 5.91 Å². The molecule has 0 radical (unpaired) electrons. The van der Waals surface area contributed by atoms with Crippen molar-refractivity contribution in [3.05, 3.63) is 77.5 Å². The van der Waals surface area contributed by atoms with Crippen LogP contribution in [0.2, 0.25) is 0 Å². The van der Waals surface area contributed by atoms with Crippen molar-refractivity contribution in [2.24, 2.45) is 0 Å². The second-order valence-corrected chi connectivity index (χ2v) is 8.38. The summed E-state index contributed by atoms with van der Waals surface area (Å²) < 4.78 is 42.5. The van der Waals surface area contributed by atoms with E-state index in [0.29, 0.717) is 23.6 Å². The first-order valence-corrected chi connectivity index (χ1v) is 11.5. The summed E-state index contributed by atoms with van der Waals surface area (Å²) in [5.41, 5.74) is 0.821. The summed E-state index contributed by atoms with van der Waals surface area (Å²) in [5.74, 6) is 1.01. The summed E-state index contributed by atoms with van der Waals surface area (Å²) >= 11 is 1.65. The Morgan fingerprint density at radius 2 is 2.00 bits per heavy atom. The summed E-state index contributed by atoms with van der Waals surface area (Å²) in [4.78, 5) is 13.1. The molecular weight excluding hydrogens is 453 g/mol. The highest BCUT2D eigenvalue weighted by atomic mass is 32.2. The van der Waals surface area contributed by atoms with Gasteiger partial charge in [-0.25, -0.2) is 4.68 Å². The quantitative estimate of drug-likeness (QED) is 0.428. The molecule has 3 heterocycles. The smallest absolute Gasteiger partial charge is 0.342 e. The second-order valence-electron chi connectivity index (χ2n) is 7.40. The highest BCUT2D eigenvalue weighted by Gasteiger charge is 2.31. The number of nitrogens with one attached hydrogen (secondary N) is 1. The maximum Gasteiger partial charge on any atom is 0.416 e. The third-order valence-electron chi connectivity index (χ3n) is 5.24. The van der Waals surface area contributed by atoms with Crippen molar-refractivity contribution < 1.29 is 18.0 Å². The molecule has 0 saturated heterocycles. The number of carbonyl (C=O) groups is 1. The molecule has 0 aliphatic carbocycles. The normalized spacial score (nSPS) is 12.8. The van der Waals surface area contributed by atoms with Crippen LogP contribution in [-0.4, -0.2) is 42.3 Å². The van der Waals surface area contributed by atoms with E-state index >= 15 is 0 Å². The minimum Gasteiger partial charge on any atom is -0.342 e. The number of fused-ring (bicyclic) bond motifs is 1. The third-order valence-corrected chi connectivity index (χ3v) is 5.88. The average Bonchev–Trinajstić information content (AvgIpc) is 3.40. The lowest BCUT2D eigenvalue weighted by atomic mass is 10.1. The van der Waals surface area contributed by atoms with Crippen molar-refractivity contribution in [1.29, 1.82) is 0 Å². The van der Waals surface area contributed by atoms with Crippen LogP contribution in [0.25, 0.3) is 11.3 Å². The van der Waals surface area contributed by atoms with Crippen molar-refractivity contribution in [3.8, 4) is 5.69 Å². The van der Waals surface area contributed by atoms with Crippen LogP contribution in [-0.2, 0) is 6.18 Å². The van der Waals surface area contributed by atoms with Crippen LogP contribution in [0.4, 0.5) is 13.2 Å². The fraction of sp³-hybridized carbons (Fsp3) is 0.273. The van der Waals surface area contributed by atoms with E-state index in [1.54, 1.807) is 18.7 Å². The number of thioether (sulfide) groups is 1. The fourth-order valence-corrected chi connectivity index (χ4v) is 4.01. The standard InChI is InChI=1S/C22H21F3N6OS/c1-14-17(13-26-31(14)16-7-5-6-15(12-16)22(23,24)25)21(32)27-18(9-11-33-2)20-29-28-19-8-3-4-10-30(19)20/h3-8,10,12-13,18H,9,11H2,1-2H3,(H,27,32). The van der Waals surface area contributed by atoms with Gasteiger partial charge in [0.15, 0.2) is 11.5 Å². The molecule has 1 amide bonds. The predicted octanol–water partition coefficient (Wildman–Crippen LogP) is 4.47. The van der Waals surface area contributed by atoms with Crippen molar-refractivity contribution in [2.45, 2.75) is 25.6 Å². The molecule has 0 aliphatic rings. The fourth-order valence-electron chi connectivity index (χ4n) is 3.54. The molecule has 1 aromatic carbocycles. The minimum absolute atomic E-state index is 0.226. The van der Waals surface area contributed by atoms with Crippen LogP contribution in [0.15, 0.2) is 54.9 Å². The molecule has 0 spiro atoms. The maximum absolute atomic E-state index is 13.1. The molecule has 1 N–H and O–H groups in total. The topological polar surface area (TPSA) is 77.1 Å². The number of hydrogen-bond donors (Lipinski definition) is 1. The number of hydrogen-bond acceptors (Lipinski definition) is 5. The Balaban J connectivity index is 1.62. The first-order chi connectivity index (χ1) is 15.8. The van der Waals surface area contributed by atoms with E-state index in [2.05, 4.69) is 20.6 Å². The molecular formula is C22H21F3N6OS. The highest BCUT2D eigenvalue weighted by Crippen LogP contribution is 2.30. The first-order valence-electron chi connectivity index (χ1n) is 10.1.